The quantitative estimate of drug-likeness (QED) is 0.815. The van der Waals surface area contributed by atoms with Crippen LogP contribution in [0.5, 0.6) is 0 Å². The van der Waals surface area contributed by atoms with E-state index in [-0.39, 0.29) is 4.90 Å². The van der Waals surface area contributed by atoms with Crippen LogP contribution in [-0.2, 0) is 10.0 Å². The van der Waals surface area contributed by atoms with Gasteiger partial charge in [0.1, 0.15) is 5.82 Å². The highest BCUT2D eigenvalue weighted by Crippen LogP contribution is 2.23. The topological polar surface area (TPSA) is 37.4 Å². The van der Waals surface area contributed by atoms with Crippen molar-refractivity contribution in [1.82, 2.24) is 4.31 Å². The summed E-state index contributed by atoms with van der Waals surface area (Å²) in [5, 5.41) is 0. The summed E-state index contributed by atoms with van der Waals surface area (Å²) < 4.78 is 39.0. The predicted molar refractivity (Wildman–Crippen MR) is 63.6 cm³/mol. The van der Waals surface area contributed by atoms with Crippen LogP contribution in [0, 0.1) is 11.7 Å². The molecule has 1 saturated heterocycles. The third-order valence-corrected chi connectivity index (χ3v) is 4.91. The van der Waals surface area contributed by atoms with Gasteiger partial charge in [-0.05, 0) is 37.0 Å². The lowest BCUT2D eigenvalue weighted by molar-refractivity contribution is 0.281. The van der Waals surface area contributed by atoms with E-state index < -0.39 is 15.8 Å². The summed E-state index contributed by atoms with van der Waals surface area (Å²) in [6, 6.07) is 5.19. The molecule has 0 N–H and O–H groups in total. The van der Waals surface area contributed by atoms with Gasteiger partial charge >= 0.3 is 0 Å². The van der Waals surface area contributed by atoms with E-state index >= 15 is 0 Å². The van der Waals surface area contributed by atoms with Gasteiger partial charge in [0.05, 0.1) is 4.90 Å². The summed E-state index contributed by atoms with van der Waals surface area (Å²) in [6.07, 6.45) is 1.92. The zero-order valence-electron chi connectivity index (χ0n) is 9.77. The van der Waals surface area contributed by atoms with Crippen LogP contribution in [0.3, 0.4) is 0 Å². The Bertz CT molecular complexity index is 501. The molecule has 0 aliphatic carbocycles. The molecule has 1 atom stereocenters. The van der Waals surface area contributed by atoms with Crippen molar-refractivity contribution in [3.63, 3.8) is 0 Å². The summed E-state index contributed by atoms with van der Waals surface area (Å²) in [4.78, 5) is 0.0478. The second-order valence-electron chi connectivity index (χ2n) is 4.57. The second kappa shape index (κ2) is 4.74. The number of benzene rings is 1. The van der Waals surface area contributed by atoms with Gasteiger partial charge in [-0.15, -0.1) is 0 Å². The van der Waals surface area contributed by atoms with E-state index in [4.69, 9.17) is 0 Å². The van der Waals surface area contributed by atoms with Crippen molar-refractivity contribution in [3.8, 4) is 0 Å². The zero-order valence-corrected chi connectivity index (χ0v) is 10.6. The van der Waals surface area contributed by atoms with Crippen molar-refractivity contribution in [2.45, 2.75) is 24.7 Å². The molecule has 1 heterocycles. The van der Waals surface area contributed by atoms with Gasteiger partial charge in [0.25, 0.3) is 0 Å². The Morgan fingerprint density at radius 1 is 1.41 bits per heavy atom. The lowest BCUT2D eigenvalue weighted by atomic mass is 10.0. The number of hydrogen-bond donors (Lipinski definition) is 0. The fourth-order valence-corrected chi connectivity index (χ4v) is 3.77. The SMILES string of the molecule is CC1CCCN(S(=O)(=O)c2cccc(F)c2)C1. The molecule has 0 amide bonds. The molecule has 17 heavy (non-hydrogen) atoms. The molecule has 1 aromatic rings. The molecule has 1 aliphatic rings. The van der Waals surface area contributed by atoms with E-state index in [2.05, 4.69) is 0 Å². The first-order chi connectivity index (χ1) is 8.00. The summed E-state index contributed by atoms with van der Waals surface area (Å²) in [6.45, 7) is 3.09. The minimum atomic E-state index is -3.52. The molecule has 0 saturated carbocycles. The molecule has 0 aromatic heterocycles. The monoisotopic (exact) mass is 257 g/mol. The fraction of sp³-hybridized carbons (Fsp3) is 0.500. The third-order valence-electron chi connectivity index (χ3n) is 3.05. The van der Waals surface area contributed by atoms with Crippen molar-refractivity contribution in [1.29, 1.82) is 0 Å². The third kappa shape index (κ3) is 2.66. The highest BCUT2D eigenvalue weighted by molar-refractivity contribution is 7.89. The van der Waals surface area contributed by atoms with Crippen molar-refractivity contribution in [2.75, 3.05) is 13.1 Å². The zero-order chi connectivity index (χ0) is 12.5. The Kier molecular flexibility index (Phi) is 3.49. The Hall–Kier alpha value is -0.940. The van der Waals surface area contributed by atoms with Gasteiger partial charge < -0.3 is 0 Å². The van der Waals surface area contributed by atoms with Crippen LogP contribution in [-0.4, -0.2) is 25.8 Å². The predicted octanol–water partition coefficient (Wildman–Crippen LogP) is 2.25. The fourth-order valence-electron chi connectivity index (χ4n) is 2.14. The van der Waals surface area contributed by atoms with E-state index in [0.29, 0.717) is 19.0 Å². The molecule has 0 bridgehead atoms. The maximum absolute atomic E-state index is 13.1. The number of nitrogens with zero attached hydrogens (tertiary/aromatic N) is 1. The summed E-state index contributed by atoms with van der Waals surface area (Å²) in [5.41, 5.74) is 0. The van der Waals surface area contributed by atoms with E-state index in [1.807, 2.05) is 6.92 Å². The Morgan fingerprint density at radius 3 is 2.82 bits per heavy atom. The van der Waals surface area contributed by atoms with Crippen molar-refractivity contribution < 1.29 is 12.8 Å². The van der Waals surface area contributed by atoms with Gasteiger partial charge in [-0.1, -0.05) is 13.0 Å². The normalized spacial score (nSPS) is 22.6. The smallest absolute Gasteiger partial charge is 0.207 e. The minimum absolute atomic E-state index is 0.0478. The van der Waals surface area contributed by atoms with E-state index in [9.17, 15) is 12.8 Å². The van der Waals surface area contributed by atoms with Gasteiger partial charge in [0.2, 0.25) is 10.0 Å². The van der Waals surface area contributed by atoms with Gasteiger partial charge in [0, 0.05) is 13.1 Å². The number of rotatable bonds is 2. The molecular formula is C12H16FNO2S. The van der Waals surface area contributed by atoms with Crippen molar-refractivity contribution >= 4 is 10.0 Å². The largest absolute Gasteiger partial charge is 0.243 e. The van der Waals surface area contributed by atoms with E-state index in [0.717, 1.165) is 18.9 Å². The van der Waals surface area contributed by atoms with Crippen LogP contribution < -0.4 is 0 Å². The lowest BCUT2D eigenvalue weighted by Crippen LogP contribution is -2.39. The molecular weight excluding hydrogens is 241 g/mol. The second-order valence-corrected chi connectivity index (χ2v) is 6.51. The van der Waals surface area contributed by atoms with Crippen LogP contribution in [0.15, 0.2) is 29.2 Å². The molecule has 3 nitrogen and oxygen atoms in total. The molecule has 94 valence electrons. The van der Waals surface area contributed by atoms with Crippen LogP contribution in [0.25, 0.3) is 0 Å². The summed E-state index contributed by atoms with van der Waals surface area (Å²) in [7, 11) is -3.52. The first-order valence-corrected chi connectivity index (χ1v) is 7.20. The van der Waals surface area contributed by atoms with Crippen LogP contribution in [0.2, 0.25) is 0 Å². The molecule has 1 aromatic carbocycles. The highest BCUT2D eigenvalue weighted by atomic mass is 32.2. The molecule has 1 unspecified atom stereocenters. The highest BCUT2D eigenvalue weighted by Gasteiger charge is 2.28. The average molecular weight is 257 g/mol. The standard InChI is InChI=1S/C12H16FNO2S/c1-10-4-3-7-14(9-10)17(15,16)12-6-2-5-11(13)8-12/h2,5-6,8,10H,3-4,7,9H2,1H3. The van der Waals surface area contributed by atoms with Crippen LogP contribution in [0.4, 0.5) is 4.39 Å². The summed E-state index contributed by atoms with van der Waals surface area (Å²) in [5.74, 6) is -0.150. The maximum atomic E-state index is 13.1. The minimum Gasteiger partial charge on any atom is -0.207 e. The lowest BCUT2D eigenvalue weighted by Gasteiger charge is -2.29. The molecule has 0 spiro atoms. The summed E-state index contributed by atoms with van der Waals surface area (Å²) >= 11 is 0. The van der Waals surface area contributed by atoms with Gasteiger partial charge in [-0.3, -0.25) is 0 Å². The van der Waals surface area contributed by atoms with Crippen LogP contribution >= 0.6 is 0 Å². The molecule has 0 radical (unpaired) electrons. The van der Waals surface area contributed by atoms with Gasteiger partial charge in [-0.25, -0.2) is 12.8 Å². The molecule has 1 fully saturated rings. The van der Waals surface area contributed by atoms with Gasteiger partial charge in [-0.2, -0.15) is 4.31 Å². The Morgan fingerprint density at radius 2 is 2.18 bits per heavy atom. The number of hydrogen-bond acceptors (Lipinski definition) is 2. The number of halogens is 1. The van der Waals surface area contributed by atoms with Crippen molar-refractivity contribution in [2.24, 2.45) is 5.92 Å². The van der Waals surface area contributed by atoms with E-state index in [1.165, 1.54) is 22.5 Å². The van der Waals surface area contributed by atoms with Crippen molar-refractivity contribution in [3.05, 3.63) is 30.1 Å². The number of sulfonamides is 1. The molecule has 5 heteroatoms. The first kappa shape index (κ1) is 12.5. The Labute approximate surface area is 101 Å². The average Bonchev–Trinajstić information content (AvgIpc) is 2.29. The maximum Gasteiger partial charge on any atom is 0.243 e. The Balaban J connectivity index is 2.29. The first-order valence-electron chi connectivity index (χ1n) is 5.76. The molecule has 1 aliphatic heterocycles. The van der Waals surface area contributed by atoms with E-state index in [1.54, 1.807) is 0 Å². The molecule has 2 rings (SSSR count). The number of piperidine rings is 1. The van der Waals surface area contributed by atoms with Crippen LogP contribution in [0.1, 0.15) is 19.8 Å². The van der Waals surface area contributed by atoms with Gasteiger partial charge in [0.15, 0.2) is 0 Å².